The summed E-state index contributed by atoms with van der Waals surface area (Å²) in [5.74, 6) is 2.56. The third-order valence-electron chi connectivity index (χ3n) is 4.39. The topological polar surface area (TPSA) is 70.4 Å². The monoisotopic (exact) mass is 319 g/mol. The van der Waals surface area contributed by atoms with Gasteiger partial charge in [-0.3, -0.25) is 4.90 Å². The van der Waals surface area contributed by atoms with Crippen LogP contribution in [-0.2, 0) is 13.6 Å². The molecule has 2 heterocycles. The molecule has 0 aromatic carbocycles. The lowest BCUT2D eigenvalue weighted by atomic mass is 10.2. The minimum Gasteiger partial charge on any atom is -0.355 e. The van der Waals surface area contributed by atoms with E-state index < -0.39 is 0 Å². The molecule has 0 radical (unpaired) electrons. The van der Waals surface area contributed by atoms with Gasteiger partial charge in [0.1, 0.15) is 12.4 Å². The van der Waals surface area contributed by atoms with Gasteiger partial charge in [0.2, 0.25) is 0 Å². The van der Waals surface area contributed by atoms with Crippen molar-refractivity contribution in [1.29, 1.82) is 0 Å². The molecule has 1 atom stereocenters. The molecule has 128 valence electrons. The number of likely N-dealkylation sites (N-methyl/N-ethyl adjacent to an activating group) is 1. The molecule has 7 nitrogen and oxygen atoms in total. The Kier molecular flexibility index (Phi) is 6.58. The summed E-state index contributed by atoms with van der Waals surface area (Å²) >= 11 is 0. The van der Waals surface area contributed by atoms with E-state index in [-0.39, 0.29) is 0 Å². The summed E-state index contributed by atoms with van der Waals surface area (Å²) < 4.78 is 1.96. The third-order valence-corrected chi connectivity index (χ3v) is 4.39. The van der Waals surface area contributed by atoms with Crippen molar-refractivity contribution in [2.75, 3.05) is 26.2 Å². The summed E-state index contributed by atoms with van der Waals surface area (Å²) in [7, 11) is 1.96. The zero-order chi connectivity index (χ0) is 16.7. The van der Waals surface area contributed by atoms with Gasteiger partial charge in [0.05, 0.1) is 0 Å². The molecule has 0 amide bonds. The lowest BCUT2D eigenvalue weighted by Crippen LogP contribution is -2.45. The van der Waals surface area contributed by atoms with Crippen molar-refractivity contribution in [2.45, 2.75) is 39.3 Å². The molecule has 1 aliphatic heterocycles. The fraction of sp³-hybridized carbons (Fsp3) is 0.688. The number of aromatic nitrogens is 3. The molecule has 1 aliphatic rings. The third kappa shape index (κ3) is 4.79. The van der Waals surface area contributed by atoms with Crippen LogP contribution >= 0.6 is 0 Å². The molecule has 0 spiro atoms. The minimum absolute atomic E-state index is 0.506. The Bertz CT molecular complexity index is 535. The first-order valence-electron chi connectivity index (χ1n) is 8.37. The number of hydrogen-bond acceptors (Lipinski definition) is 4. The van der Waals surface area contributed by atoms with E-state index in [0.29, 0.717) is 19.1 Å². The van der Waals surface area contributed by atoms with Crippen LogP contribution in [0.1, 0.15) is 31.4 Å². The minimum atomic E-state index is 0.506. The highest BCUT2D eigenvalue weighted by molar-refractivity contribution is 5.79. The second kappa shape index (κ2) is 8.67. The standard InChI is InChI=1S/C16H29N7/c1-5-9-17-16(18-11-14-8-7-10-23(14)6-2)19-12-15-21-20-13(3)22(15)4/h5,14H,1,6-12H2,2-4H3,(H2,17,18,19). The SMILES string of the molecule is C=CCNC(=NCc1nnc(C)n1C)NCC1CCCN1CC. The number of aliphatic imine (C=N–C) groups is 1. The van der Waals surface area contributed by atoms with E-state index in [4.69, 9.17) is 0 Å². The van der Waals surface area contributed by atoms with Gasteiger partial charge in [-0.15, -0.1) is 16.8 Å². The lowest BCUT2D eigenvalue weighted by molar-refractivity contribution is 0.267. The maximum absolute atomic E-state index is 4.62. The Hall–Kier alpha value is -1.89. The molecule has 1 aromatic rings. The Morgan fingerprint density at radius 2 is 2.26 bits per heavy atom. The summed E-state index contributed by atoms with van der Waals surface area (Å²) in [6.45, 7) is 12.3. The highest BCUT2D eigenvalue weighted by atomic mass is 15.3. The van der Waals surface area contributed by atoms with Gasteiger partial charge in [0, 0.05) is 26.2 Å². The first-order chi connectivity index (χ1) is 11.2. The first kappa shape index (κ1) is 17.5. The van der Waals surface area contributed by atoms with Gasteiger partial charge in [0.25, 0.3) is 0 Å². The lowest BCUT2D eigenvalue weighted by Gasteiger charge is -2.24. The number of hydrogen-bond donors (Lipinski definition) is 2. The normalized spacial score (nSPS) is 19.1. The van der Waals surface area contributed by atoms with Crippen LogP contribution in [0.2, 0.25) is 0 Å². The van der Waals surface area contributed by atoms with Crippen molar-refractivity contribution >= 4 is 5.96 Å². The van der Waals surface area contributed by atoms with Crippen molar-refractivity contribution in [1.82, 2.24) is 30.3 Å². The molecule has 2 rings (SSSR count). The predicted molar refractivity (Wildman–Crippen MR) is 93.4 cm³/mol. The Balaban J connectivity index is 1.94. The van der Waals surface area contributed by atoms with Crippen molar-refractivity contribution in [2.24, 2.45) is 12.0 Å². The van der Waals surface area contributed by atoms with Gasteiger partial charge in [0.15, 0.2) is 11.8 Å². The summed E-state index contributed by atoms with van der Waals surface area (Å²) in [5, 5.41) is 14.9. The summed E-state index contributed by atoms with van der Waals surface area (Å²) in [6.07, 6.45) is 4.36. The van der Waals surface area contributed by atoms with E-state index in [9.17, 15) is 0 Å². The zero-order valence-electron chi connectivity index (χ0n) is 14.5. The highest BCUT2D eigenvalue weighted by Crippen LogP contribution is 2.15. The highest BCUT2D eigenvalue weighted by Gasteiger charge is 2.22. The summed E-state index contributed by atoms with van der Waals surface area (Å²) in [5.41, 5.74) is 0. The number of rotatable bonds is 7. The van der Waals surface area contributed by atoms with E-state index >= 15 is 0 Å². The van der Waals surface area contributed by atoms with Gasteiger partial charge in [-0.25, -0.2) is 4.99 Å². The Morgan fingerprint density at radius 1 is 1.43 bits per heavy atom. The molecule has 2 N–H and O–H groups in total. The maximum atomic E-state index is 4.62. The van der Waals surface area contributed by atoms with Gasteiger partial charge < -0.3 is 15.2 Å². The number of nitrogens with one attached hydrogen (secondary N) is 2. The van der Waals surface area contributed by atoms with Gasteiger partial charge in [-0.2, -0.15) is 0 Å². The number of guanidine groups is 1. The number of aryl methyl sites for hydroxylation is 1. The average Bonchev–Trinajstić information content (AvgIpc) is 3.14. The van der Waals surface area contributed by atoms with E-state index in [2.05, 4.69) is 44.2 Å². The second-order valence-corrected chi connectivity index (χ2v) is 5.86. The van der Waals surface area contributed by atoms with Crippen LogP contribution in [0.5, 0.6) is 0 Å². The summed E-state index contributed by atoms with van der Waals surface area (Å²) in [6, 6.07) is 0.591. The van der Waals surface area contributed by atoms with Crippen LogP contribution in [0.25, 0.3) is 0 Å². The molecule has 1 unspecified atom stereocenters. The van der Waals surface area contributed by atoms with Crippen LogP contribution in [0.15, 0.2) is 17.6 Å². The maximum Gasteiger partial charge on any atom is 0.192 e. The number of nitrogens with zero attached hydrogens (tertiary/aromatic N) is 5. The smallest absolute Gasteiger partial charge is 0.192 e. The van der Waals surface area contributed by atoms with Crippen molar-refractivity contribution in [3.63, 3.8) is 0 Å². The van der Waals surface area contributed by atoms with Crippen molar-refractivity contribution < 1.29 is 0 Å². The number of likely N-dealkylation sites (tertiary alicyclic amines) is 1. The zero-order valence-corrected chi connectivity index (χ0v) is 14.5. The van der Waals surface area contributed by atoms with Crippen LogP contribution in [0.4, 0.5) is 0 Å². The molecule has 1 saturated heterocycles. The van der Waals surface area contributed by atoms with Crippen LogP contribution in [0, 0.1) is 6.92 Å². The fourth-order valence-electron chi connectivity index (χ4n) is 2.84. The van der Waals surface area contributed by atoms with Crippen LogP contribution in [-0.4, -0.2) is 57.8 Å². The van der Waals surface area contributed by atoms with E-state index in [1.807, 2.05) is 24.6 Å². The van der Waals surface area contributed by atoms with Gasteiger partial charge in [-0.1, -0.05) is 13.0 Å². The molecular formula is C16H29N7. The van der Waals surface area contributed by atoms with Crippen LogP contribution < -0.4 is 10.6 Å². The largest absolute Gasteiger partial charge is 0.355 e. The molecule has 23 heavy (non-hydrogen) atoms. The Morgan fingerprint density at radius 3 is 2.91 bits per heavy atom. The quantitative estimate of drug-likeness (QED) is 0.442. The summed E-state index contributed by atoms with van der Waals surface area (Å²) in [4.78, 5) is 7.14. The molecular weight excluding hydrogens is 290 g/mol. The van der Waals surface area contributed by atoms with E-state index in [1.165, 1.54) is 19.4 Å². The van der Waals surface area contributed by atoms with E-state index in [1.54, 1.807) is 0 Å². The second-order valence-electron chi connectivity index (χ2n) is 5.86. The molecule has 0 aliphatic carbocycles. The molecule has 1 fully saturated rings. The predicted octanol–water partition coefficient (Wildman–Crippen LogP) is 0.829. The van der Waals surface area contributed by atoms with Crippen LogP contribution in [0.3, 0.4) is 0 Å². The molecule has 7 heteroatoms. The average molecular weight is 319 g/mol. The Labute approximate surface area is 138 Å². The van der Waals surface area contributed by atoms with Gasteiger partial charge in [-0.05, 0) is 32.9 Å². The van der Waals surface area contributed by atoms with Gasteiger partial charge >= 0.3 is 0 Å². The molecule has 1 aromatic heterocycles. The molecule has 0 bridgehead atoms. The first-order valence-corrected chi connectivity index (χ1v) is 8.37. The fourth-order valence-corrected chi connectivity index (χ4v) is 2.84. The molecule has 0 saturated carbocycles. The van der Waals surface area contributed by atoms with Crippen molar-refractivity contribution in [3.05, 3.63) is 24.3 Å². The van der Waals surface area contributed by atoms with Crippen molar-refractivity contribution in [3.8, 4) is 0 Å². The van der Waals surface area contributed by atoms with E-state index in [0.717, 1.165) is 30.7 Å².